The van der Waals surface area contributed by atoms with E-state index in [1.807, 2.05) is 35.2 Å². The van der Waals surface area contributed by atoms with Crippen LogP contribution in [0.4, 0.5) is 0 Å². The number of hydrogen-bond donors (Lipinski definition) is 0. The Labute approximate surface area is 235 Å². The van der Waals surface area contributed by atoms with Gasteiger partial charge < -0.3 is 9.47 Å². The third kappa shape index (κ3) is 6.40. The largest absolute Gasteiger partial charge is 0.493 e. The highest BCUT2D eigenvalue weighted by Crippen LogP contribution is 2.41. The summed E-state index contributed by atoms with van der Waals surface area (Å²) in [7, 11) is 1.61. The second-order valence-electron chi connectivity index (χ2n) is 10.6. The predicted molar refractivity (Wildman–Crippen MR) is 157 cm³/mol. The summed E-state index contributed by atoms with van der Waals surface area (Å²) >= 11 is 8.19. The van der Waals surface area contributed by atoms with E-state index in [0.717, 1.165) is 42.0 Å². The van der Waals surface area contributed by atoms with Gasteiger partial charge in [-0.1, -0.05) is 80.0 Å². The molecule has 202 valence electrons. The molecular weight excluding hydrogens is 516 g/mol. The van der Waals surface area contributed by atoms with Crippen LogP contribution in [0.5, 0.6) is 11.5 Å². The molecule has 38 heavy (non-hydrogen) atoms. The lowest BCUT2D eigenvalue weighted by molar-refractivity contribution is -0.124. The van der Waals surface area contributed by atoms with Crippen molar-refractivity contribution in [2.24, 2.45) is 4.99 Å². The minimum Gasteiger partial charge on any atom is -0.493 e. The average molecular weight is 553 g/mol. The molecule has 1 heterocycles. The molecule has 0 N–H and O–H groups in total. The molecule has 0 atom stereocenters. The molecule has 7 heteroatoms. The number of thioether (sulfide) groups is 1. The third-order valence-electron chi connectivity index (χ3n) is 7.70. The van der Waals surface area contributed by atoms with Crippen LogP contribution < -0.4 is 9.47 Å². The Bertz CT molecular complexity index is 1200. The molecule has 2 aromatic carbocycles. The van der Waals surface area contributed by atoms with Crippen LogP contribution in [0, 0.1) is 6.92 Å². The van der Waals surface area contributed by atoms with Crippen LogP contribution in [-0.4, -0.2) is 35.2 Å². The van der Waals surface area contributed by atoms with Crippen molar-refractivity contribution >= 4 is 40.5 Å². The number of carbonyl (C=O) groups is 1. The van der Waals surface area contributed by atoms with Crippen LogP contribution in [0.25, 0.3) is 6.08 Å². The lowest BCUT2D eigenvalue weighted by Crippen LogP contribution is -2.41. The van der Waals surface area contributed by atoms with Crippen LogP contribution in [-0.2, 0) is 11.4 Å². The van der Waals surface area contributed by atoms with E-state index in [1.54, 1.807) is 7.11 Å². The van der Waals surface area contributed by atoms with Crippen LogP contribution in [0.15, 0.2) is 46.3 Å². The minimum absolute atomic E-state index is 0.0613. The fourth-order valence-corrected chi connectivity index (χ4v) is 6.94. The Kier molecular flexibility index (Phi) is 9.01. The maximum absolute atomic E-state index is 13.7. The number of methoxy groups -OCH3 is 1. The molecule has 1 amide bonds. The highest BCUT2D eigenvalue weighted by Gasteiger charge is 2.39. The van der Waals surface area contributed by atoms with Gasteiger partial charge in [0.2, 0.25) is 0 Å². The van der Waals surface area contributed by atoms with Crippen molar-refractivity contribution in [3.8, 4) is 11.5 Å². The molecule has 0 spiro atoms. The quantitative estimate of drug-likeness (QED) is 0.325. The number of carbonyl (C=O) groups excluding carboxylic acids is 1. The van der Waals surface area contributed by atoms with E-state index in [2.05, 4.69) is 19.1 Å². The van der Waals surface area contributed by atoms with Gasteiger partial charge >= 0.3 is 0 Å². The first-order valence-electron chi connectivity index (χ1n) is 13.9. The predicted octanol–water partition coefficient (Wildman–Crippen LogP) is 8.17. The molecule has 1 aliphatic heterocycles. The third-order valence-corrected chi connectivity index (χ3v) is 8.98. The van der Waals surface area contributed by atoms with E-state index < -0.39 is 0 Å². The summed E-state index contributed by atoms with van der Waals surface area (Å²) in [6, 6.07) is 12.5. The normalized spacial score (nSPS) is 21.4. The topological polar surface area (TPSA) is 51.1 Å². The highest BCUT2D eigenvalue weighted by atomic mass is 35.5. The Morgan fingerprint density at radius 3 is 2.39 bits per heavy atom. The minimum atomic E-state index is 0.0613. The second-order valence-corrected chi connectivity index (χ2v) is 12.0. The number of nitrogens with zero attached hydrogens (tertiary/aromatic N) is 2. The summed E-state index contributed by atoms with van der Waals surface area (Å²) in [6.45, 7) is 2.45. The van der Waals surface area contributed by atoms with Gasteiger partial charge in [-0.3, -0.25) is 14.7 Å². The molecule has 2 aliphatic carbocycles. The molecule has 3 aliphatic rings. The smallest absolute Gasteiger partial charge is 0.266 e. The summed E-state index contributed by atoms with van der Waals surface area (Å²) in [6.07, 6.45) is 13.6. The zero-order chi connectivity index (χ0) is 26.5. The number of aryl methyl sites for hydroxylation is 1. The van der Waals surface area contributed by atoms with Crippen LogP contribution in [0.2, 0.25) is 5.02 Å². The van der Waals surface area contributed by atoms with Gasteiger partial charge in [0.25, 0.3) is 5.91 Å². The van der Waals surface area contributed by atoms with E-state index in [9.17, 15) is 4.79 Å². The van der Waals surface area contributed by atoms with Gasteiger partial charge in [0.15, 0.2) is 16.7 Å². The fourth-order valence-electron chi connectivity index (χ4n) is 5.56. The highest BCUT2D eigenvalue weighted by molar-refractivity contribution is 8.18. The van der Waals surface area contributed by atoms with Crippen molar-refractivity contribution in [1.82, 2.24) is 4.90 Å². The maximum atomic E-state index is 13.7. The SMILES string of the molecule is COc1cc(C=C2SC(=NC3CCCCC3)N(C3CCCCC3)C2=O)cc(Cl)c1OCc1ccc(C)cc1. The second kappa shape index (κ2) is 12.6. The Morgan fingerprint density at radius 1 is 1.03 bits per heavy atom. The first-order valence-corrected chi connectivity index (χ1v) is 15.1. The Balaban J connectivity index is 1.39. The van der Waals surface area contributed by atoms with Gasteiger partial charge in [-0.05, 0) is 73.7 Å². The van der Waals surface area contributed by atoms with Crippen molar-refractivity contribution in [3.63, 3.8) is 0 Å². The monoisotopic (exact) mass is 552 g/mol. The molecule has 0 aromatic heterocycles. The Hall–Kier alpha value is -2.44. The van der Waals surface area contributed by atoms with Crippen molar-refractivity contribution in [2.45, 2.75) is 89.8 Å². The van der Waals surface area contributed by atoms with E-state index in [1.165, 1.54) is 55.9 Å². The van der Waals surface area contributed by atoms with Crippen LogP contribution in [0.3, 0.4) is 0 Å². The summed E-state index contributed by atoms with van der Waals surface area (Å²) in [5.41, 5.74) is 3.07. The average Bonchev–Trinajstić information content (AvgIpc) is 3.23. The van der Waals surface area contributed by atoms with Crippen molar-refractivity contribution < 1.29 is 14.3 Å². The van der Waals surface area contributed by atoms with Gasteiger partial charge in [0.05, 0.1) is 23.1 Å². The first kappa shape index (κ1) is 27.1. The zero-order valence-corrected chi connectivity index (χ0v) is 24.0. The standard InChI is InChI=1S/C31H37ClN2O3S/c1-21-13-15-22(16-14-21)20-37-29-26(32)17-23(18-27(29)36-2)19-28-30(35)34(25-11-7-4-8-12-25)31(38-28)33-24-9-5-3-6-10-24/h13-19,24-25H,3-12,20H2,1-2H3. The summed E-state index contributed by atoms with van der Waals surface area (Å²) in [5, 5.41) is 1.34. The molecule has 0 radical (unpaired) electrons. The molecule has 5 rings (SSSR count). The molecule has 0 bridgehead atoms. The van der Waals surface area contributed by atoms with Crippen molar-refractivity contribution in [3.05, 3.63) is 63.0 Å². The molecule has 5 nitrogen and oxygen atoms in total. The number of aliphatic imine (C=N–C) groups is 1. The number of amides is 1. The number of halogens is 1. The molecule has 0 unspecified atom stereocenters. The lowest BCUT2D eigenvalue weighted by Gasteiger charge is -2.31. The fraction of sp³-hybridized carbons (Fsp3) is 0.484. The molecule has 1 saturated heterocycles. The van der Waals surface area contributed by atoms with Gasteiger partial charge in [-0.25, -0.2) is 0 Å². The van der Waals surface area contributed by atoms with Crippen molar-refractivity contribution in [2.75, 3.05) is 7.11 Å². The number of hydrogen-bond acceptors (Lipinski definition) is 5. The summed E-state index contributed by atoms with van der Waals surface area (Å²) < 4.78 is 11.7. The number of ether oxygens (including phenoxy) is 2. The summed E-state index contributed by atoms with van der Waals surface area (Å²) in [5.74, 6) is 1.11. The Morgan fingerprint density at radius 2 is 1.71 bits per heavy atom. The number of benzene rings is 2. The van der Waals surface area contributed by atoms with Gasteiger partial charge in [-0.2, -0.15) is 0 Å². The van der Waals surface area contributed by atoms with Crippen molar-refractivity contribution in [1.29, 1.82) is 0 Å². The molecular formula is C31H37ClN2O3S. The van der Waals surface area contributed by atoms with Gasteiger partial charge in [0.1, 0.15) is 6.61 Å². The van der Waals surface area contributed by atoms with E-state index in [0.29, 0.717) is 34.1 Å². The molecule has 2 aromatic rings. The maximum Gasteiger partial charge on any atom is 0.266 e. The van der Waals surface area contributed by atoms with E-state index in [-0.39, 0.29) is 11.9 Å². The van der Waals surface area contributed by atoms with Gasteiger partial charge in [-0.15, -0.1) is 0 Å². The number of rotatable bonds is 7. The summed E-state index contributed by atoms with van der Waals surface area (Å²) in [4.78, 5) is 21.5. The molecule has 2 saturated carbocycles. The van der Waals surface area contributed by atoms with Crippen LogP contribution in [0.1, 0.15) is 80.9 Å². The van der Waals surface area contributed by atoms with Gasteiger partial charge in [0, 0.05) is 6.04 Å². The lowest BCUT2D eigenvalue weighted by atomic mass is 9.94. The number of amidine groups is 1. The van der Waals surface area contributed by atoms with Crippen LogP contribution >= 0.6 is 23.4 Å². The van der Waals surface area contributed by atoms with E-state index in [4.69, 9.17) is 26.1 Å². The molecule has 3 fully saturated rings. The first-order chi connectivity index (χ1) is 18.5. The van der Waals surface area contributed by atoms with E-state index >= 15 is 0 Å². The zero-order valence-electron chi connectivity index (χ0n) is 22.4.